The van der Waals surface area contributed by atoms with Crippen molar-refractivity contribution in [2.45, 2.75) is 45.8 Å². The van der Waals surface area contributed by atoms with E-state index in [1.807, 2.05) is 16.3 Å². The van der Waals surface area contributed by atoms with Crippen LogP contribution < -0.4 is 4.90 Å². The van der Waals surface area contributed by atoms with Crippen LogP contribution in [-0.4, -0.2) is 41.3 Å². The smallest absolute Gasteiger partial charge is 0.202 e. The van der Waals surface area contributed by atoms with Gasteiger partial charge in [-0.3, -0.25) is 0 Å². The lowest BCUT2D eigenvalue weighted by Crippen LogP contribution is -3.07. The highest BCUT2D eigenvalue weighted by atomic mass is 32.2. The van der Waals surface area contributed by atoms with Crippen LogP contribution in [0.3, 0.4) is 0 Å². The van der Waals surface area contributed by atoms with Gasteiger partial charge >= 0.3 is 0 Å². The predicted octanol–water partition coefficient (Wildman–Crippen LogP) is 1.72. The Balaban J connectivity index is 1.64. The maximum absolute atomic E-state index is 11.7. The molecule has 0 radical (unpaired) electrons. The summed E-state index contributed by atoms with van der Waals surface area (Å²) in [6, 6.07) is 8.80. The van der Waals surface area contributed by atoms with Gasteiger partial charge in [0.25, 0.3) is 0 Å². The Morgan fingerprint density at radius 2 is 1.96 bits per heavy atom. The monoisotopic (exact) mass is 423 g/mol. The van der Waals surface area contributed by atoms with Gasteiger partial charge in [-0.15, -0.1) is 0 Å². The third kappa shape index (κ3) is 5.10. The van der Waals surface area contributed by atoms with Crippen molar-refractivity contribution in [1.29, 1.82) is 0 Å². The molecule has 1 N–H and O–H groups in total. The van der Waals surface area contributed by atoms with E-state index in [1.54, 1.807) is 0 Å². The van der Waals surface area contributed by atoms with E-state index in [4.69, 9.17) is 17.3 Å². The van der Waals surface area contributed by atoms with Crippen molar-refractivity contribution in [2.75, 3.05) is 18.6 Å². The minimum Gasteiger partial charge on any atom is -0.315 e. The number of nitrogens with zero attached hydrogens (tertiary/aromatic N) is 3. The molecule has 1 fully saturated rings. The van der Waals surface area contributed by atoms with Crippen molar-refractivity contribution in [1.82, 2.24) is 14.3 Å². The first-order chi connectivity index (χ1) is 13.1. The van der Waals surface area contributed by atoms with E-state index in [1.165, 1.54) is 16.0 Å². The van der Waals surface area contributed by atoms with Gasteiger partial charge in [-0.2, -0.15) is 9.78 Å². The number of sulfone groups is 1. The Kier molecular flexibility index (Phi) is 6.41. The molecule has 3 rings (SSSR count). The van der Waals surface area contributed by atoms with Gasteiger partial charge in [0.1, 0.15) is 12.4 Å². The van der Waals surface area contributed by atoms with Gasteiger partial charge in [0, 0.05) is 19.0 Å². The molecule has 2 aromatic rings. The number of hydrogen-bond donors (Lipinski definition) is 1. The second kappa shape index (κ2) is 8.47. The highest BCUT2D eigenvalue weighted by Crippen LogP contribution is 2.22. The Bertz CT molecular complexity index is 975. The average Bonchev–Trinajstić information content (AvgIpc) is 3.09. The summed E-state index contributed by atoms with van der Waals surface area (Å²) in [5.41, 5.74) is 2.65. The second-order valence-corrected chi connectivity index (χ2v) is 11.0. The van der Waals surface area contributed by atoms with E-state index >= 15 is 0 Å². The van der Waals surface area contributed by atoms with Crippen molar-refractivity contribution in [3.8, 4) is 0 Å². The lowest BCUT2D eigenvalue weighted by Gasteiger charge is -2.14. The van der Waals surface area contributed by atoms with E-state index in [2.05, 4.69) is 45.2 Å². The van der Waals surface area contributed by atoms with Gasteiger partial charge in [-0.25, -0.2) is 8.42 Å². The molecule has 0 aliphatic carbocycles. The number of nitrogens with one attached hydrogen (secondary N) is 1. The van der Waals surface area contributed by atoms with Crippen LogP contribution in [0, 0.1) is 10.7 Å². The maximum atomic E-state index is 11.7. The summed E-state index contributed by atoms with van der Waals surface area (Å²) in [5.74, 6) is 2.13. The molecule has 8 heteroatoms. The number of rotatable bonds is 7. The molecule has 154 valence electrons. The molecule has 1 aliphatic rings. The molecule has 1 unspecified atom stereocenters. The van der Waals surface area contributed by atoms with Gasteiger partial charge in [0.2, 0.25) is 4.77 Å². The molecule has 0 saturated carbocycles. The lowest BCUT2D eigenvalue weighted by atomic mass is 10.0. The van der Waals surface area contributed by atoms with E-state index in [0.717, 1.165) is 18.8 Å². The number of hydrogen-bond acceptors (Lipinski definition) is 4. The molecule has 0 amide bonds. The van der Waals surface area contributed by atoms with Crippen LogP contribution in [-0.2, 0) is 36.5 Å². The van der Waals surface area contributed by atoms with Gasteiger partial charge in [-0.1, -0.05) is 38.1 Å². The minimum absolute atomic E-state index is 0.151. The topological polar surface area (TPSA) is 61.3 Å². The normalized spacial score (nSPS) is 20.0. The summed E-state index contributed by atoms with van der Waals surface area (Å²) >= 11 is 5.56. The molecule has 0 spiro atoms. The SMILES string of the molecule is CC(C)c1ccc(C[NH+](C)Cn2nc(C[C@H]3CCS(=O)(=O)C3)n(C)c2=S)cc1. The summed E-state index contributed by atoms with van der Waals surface area (Å²) in [4.78, 5) is 1.29. The Labute approximate surface area is 173 Å². The first-order valence-corrected chi connectivity index (χ1v) is 12.1. The Morgan fingerprint density at radius 3 is 2.54 bits per heavy atom. The standard InChI is InChI=1S/C20H30N4O2S2/c1-15(2)18-7-5-16(6-8-18)12-22(3)14-24-20(27)23(4)19(21-24)11-17-9-10-28(25,26)13-17/h5-8,15,17H,9-14H2,1-4H3/p+1/t17-/m1/s1. The van der Waals surface area contributed by atoms with E-state index < -0.39 is 9.84 Å². The molecule has 0 bridgehead atoms. The molecule has 2 heterocycles. The summed E-state index contributed by atoms with van der Waals surface area (Å²) in [5, 5.41) is 4.70. The highest BCUT2D eigenvalue weighted by Gasteiger charge is 2.29. The van der Waals surface area contributed by atoms with Crippen LogP contribution in [0.5, 0.6) is 0 Å². The van der Waals surface area contributed by atoms with Gasteiger partial charge in [0.05, 0.1) is 18.6 Å². The van der Waals surface area contributed by atoms with E-state index in [-0.39, 0.29) is 11.7 Å². The average molecular weight is 424 g/mol. The molecule has 6 nitrogen and oxygen atoms in total. The molecule has 1 aliphatic heterocycles. The summed E-state index contributed by atoms with van der Waals surface area (Å²) < 4.78 is 27.9. The highest BCUT2D eigenvalue weighted by molar-refractivity contribution is 7.91. The van der Waals surface area contributed by atoms with Crippen molar-refractivity contribution < 1.29 is 13.3 Å². The molecule has 2 atom stereocenters. The fourth-order valence-corrected chi connectivity index (χ4v) is 5.86. The minimum atomic E-state index is -2.87. The molecular weight excluding hydrogens is 392 g/mol. The van der Waals surface area contributed by atoms with Crippen molar-refractivity contribution in [3.05, 3.63) is 46.0 Å². The van der Waals surface area contributed by atoms with Gasteiger partial charge in [-0.05, 0) is 36.0 Å². The van der Waals surface area contributed by atoms with E-state index in [0.29, 0.717) is 29.5 Å². The Hall–Kier alpha value is -1.51. The summed E-state index contributed by atoms with van der Waals surface area (Å²) in [6.45, 7) is 5.98. The molecule has 28 heavy (non-hydrogen) atoms. The molecule has 1 aromatic carbocycles. The summed E-state index contributed by atoms with van der Waals surface area (Å²) in [7, 11) is 1.19. The zero-order valence-electron chi connectivity index (χ0n) is 17.2. The quantitative estimate of drug-likeness (QED) is 0.689. The number of benzene rings is 1. The first-order valence-electron chi connectivity index (χ1n) is 9.88. The number of quaternary nitrogens is 1. The molecule has 1 aromatic heterocycles. The largest absolute Gasteiger partial charge is 0.315 e. The van der Waals surface area contributed by atoms with Crippen LogP contribution in [0.15, 0.2) is 24.3 Å². The van der Waals surface area contributed by atoms with Crippen LogP contribution in [0.2, 0.25) is 0 Å². The molecular formula is C20H31N4O2S2+. The van der Waals surface area contributed by atoms with Crippen LogP contribution in [0.1, 0.15) is 43.1 Å². The predicted molar refractivity (Wildman–Crippen MR) is 114 cm³/mol. The van der Waals surface area contributed by atoms with E-state index in [9.17, 15) is 8.42 Å². The fraction of sp³-hybridized carbons (Fsp3) is 0.600. The zero-order chi connectivity index (χ0) is 20.5. The van der Waals surface area contributed by atoms with Crippen molar-refractivity contribution in [3.63, 3.8) is 0 Å². The second-order valence-electron chi connectivity index (χ2n) is 8.42. The lowest BCUT2D eigenvalue weighted by molar-refractivity contribution is -0.917. The third-order valence-electron chi connectivity index (χ3n) is 5.50. The zero-order valence-corrected chi connectivity index (χ0v) is 18.8. The van der Waals surface area contributed by atoms with Crippen molar-refractivity contribution in [2.24, 2.45) is 13.0 Å². The maximum Gasteiger partial charge on any atom is 0.202 e. The van der Waals surface area contributed by atoms with Crippen molar-refractivity contribution >= 4 is 22.1 Å². The third-order valence-corrected chi connectivity index (χ3v) is 7.82. The van der Waals surface area contributed by atoms with Crippen LogP contribution in [0.25, 0.3) is 0 Å². The fourth-order valence-electron chi connectivity index (χ4n) is 3.79. The first kappa shape index (κ1) is 21.2. The van der Waals surface area contributed by atoms with Gasteiger partial charge < -0.3 is 9.47 Å². The van der Waals surface area contributed by atoms with Crippen LogP contribution in [0.4, 0.5) is 0 Å². The molecule has 1 saturated heterocycles. The van der Waals surface area contributed by atoms with Gasteiger partial charge in [0.15, 0.2) is 16.5 Å². The number of aromatic nitrogens is 3. The van der Waals surface area contributed by atoms with Crippen LogP contribution >= 0.6 is 12.2 Å². The summed E-state index contributed by atoms with van der Waals surface area (Å²) in [6.07, 6.45) is 1.39. The Morgan fingerprint density at radius 1 is 1.29 bits per heavy atom.